The molecule has 4 nitrogen and oxygen atoms in total. The Bertz CT molecular complexity index is 367. The monoisotopic (exact) mass is 267 g/mol. The summed E-state index contributed by atoms with van der Waals surface area (Å²) < 4.78 is 17.2. The zero-order chi connectivity index (χ0) is 13.7. The minimum Gasteiger partial charge on any atom is -0.467 e. The van der Waals surface area contributed by atoms with Gasteiger partial charge in [0.25, 0.3) is 0 Å². The number of rotatable bonds is 6. The number of furan rings is 1. The summed E-state index contributed by atoms with van der Waals surface area (Å²) in [5, 5.41) is 3.31. The normalized spacial score (nSPS) is 27.6. The van der Waals surface area contributed by atoms with E-state index in [9.17, 15) is 0 Å². The Morgan fingerprint density at radius 1 is 1.32 bits per heavy atom. The molecule has 0 amide bonds. The SMILES string of the molecule is CCNCc1ccoc1COC1CC(C)OC(C)C1. The lowest BCUT2D eigenvalue weighted by Crippen LogP contribution is -2.34. The van der Waals surface area contributed by atoms with Crippen LogP contribution in [0.2, 0.25) is 0 Å². The van der Waals surface area contributed by atoms with Crippen LogP contribution < -0.4 is 5.32 Å². The van der Waals surface area contributed by atoms with Crippen molar-refractivity contribution in [1.29, 1.82) is 0 Å². The zero-order valence-electron chi connectivity index (χ0n) is 12.1. The largest absolute Gasteiger partial charge is 0.467 e. The summed E-state index contributed by atoms with van der Waals surface area (Å²) >= 11 is 0. The first-order valence-electron chi connectivity index (χ1n) is 7.22. The third-order valence-electron chi connectivity index (χ3n) is 3.51. The Hall–Kier alpha value is -0.840. The van der Waals surface area contributed by atoms with Gasteiger partial charge in [-0.3, -0.25) is 0 Å². The average Bonchev–Trinajstić information content (AvgIpc) is 2.80. The first kappa shape index (κ1) is 14.6. The van der Waals surface area contributed by atoms with E-state index in [4.69, 9.17) is 13.9 Å². The molecule has 1 aliphatic rings. The van der Waals surface area contributed by atoms with Crippen LogP contribution in [-0.4, -0.2) is 24.9 Å². The molecule has 2 rings (SSSR count). The van der Waals surface area contributed by atoms with Crippen LogP contribution in [0.4, 0.5) is 0 Å². The molecule has 0 bridgehead atoms. The van der Waals surface area contributed by atoms with Crippen molar-refractivity contribution in [3.8, 4) is 0 Å². The third-order valence-corrected chi connectivity index (χ3v) is 3.51. The van der Waals surface area contributed by atoms with Crippen LogP contribution in [0.15, 0.2) is 16.7 Å². The molecule has 108 valence electrons. The van der Waals surface area contributed by atoms with E-state index in [-0.39, 0.29) is 18.3 Å². The molecule has 0 radical (unpaired) electrons. The average molecular weight is 267 g/mol. The summed E-state index contributed by atoms with van der Waals surface area (Å²) in [6, 6.07) is 2.01. The first-order chi connectivity index (χ1) is 9.19. The van der Waals surface area contributed by atoms with E-state index in [2.05, 4.69) is 26.1 Å². The standard InChI is InChI=1S/C15H25NO3/c1-4-16-9-13-5-6-17-15(13)10-18-14-7-11(2)19-12(3)8-14/h5-6,11-12,14,16H,4,7-10H2,1-3H3. The fourth-order valence-electron chi connectivity index (χ4n) is 2.58. The molecule has 2 atom stereocenters. The highest BCUT2D eigenvalue weighted by Gasteiger charge is 2.25. The van der Waals surface area contributed by atoms with Gasteiger partial charge in [-0.1, -0.05) is 6.92 Å². The molecule has 0 saturated carbocycles. The van der Waals surface area contributed by atoms with Crippen LogP contribution in [0.3, 0.4) is 0 Å². The van der Waals surface area contributed by atoms with Crippen LogP contribution >= 0.6 is 0 Å². The number of nitrogens with one attached hydrogen (secondary N) is 1. The second kappa shape index (κ2) is 7.08. The van der Waals surface area contributed by atoms with Crippen LogP contribution in [0, 0.1) is 0 Å². The van der Waals surface area contributed by atoms with E-state index >= 15 is 0 Å². The van der Waals surface area contributed by atoms with Crippen molar-refractivity contribution in [3.05, 3.63) is 23.7 Å². The molecule has 1 aromatic rings. The molecule has 2 unspecified atom stereocenters. The summed E-state index contributed by atoms with van der Waals surface area (Å²) in [6.45, 7) is 8.66. The summed E-state index contributed by atoms with van der Waals surface area (Å²) in [5.41, 5.74) is 1.19. The highest BCUT2D eigenvalue weighted by molar-refractivity contribution is 5.16. The fourth-order valence-corrected chi connectivity index (χ4v) is 2.58. The van der Waals surface area contributed by atoms with Gasteiger partial charge < -0.3 is 19.2 Å². The van der Waals surface area contributed by atoms with E-state index in [1.54, 1.807) is 6.26 Å². The van der Waals surface area contributed by atoms with Crippen molar-refractivity contribution in [3.63, 3.8) is 0 Å². The maximum absolute atomic E-state index is 5.99. The molecule has 0 aliphatic carbocycles. The topological polar surface area (TPSA) is 43.6 Å². The second-order valence-electron chi connectivity index (χ2n) is 5.31. The molecule has 1 fully saturated rings. The van der Waals surface area contributed by atoms with E-state index in [1.807, 2.05) is 6.07 Å². The molecule has 19 heavy (non-hydrogen) atoms. The Morgan fingerprint density at radius 3 is 2.74 bits per heavy atom. The molecule has 1 N–H and O–H groups in total. The van der Waals surface area contributed by atoms with Gasteiger partial charge in [-0.2, -0.15) is 0 Å². The van der Waals surface area contributed by atoms with E-state index in [0.717, 1.165) is 31.7 Å². The van der Waals surface area contributed by atoms with Gasteiger partial charge in [0.1, 0.15) is 12.4 Å². The van der Waals surface area contributed by atoms with Gasteiger partial charge in [-0.25, -0.2) is 0 Å². The number of hydrogen-bond donors (Lipinski definition) is 1. The van der Waals surface area contributed by atoms with Gasteiger partial charge in [0.2, 0.25) is 0 Å². The van der Waals surface area contributed by atoms with E-state index in [1.165, 1.54) is 5.56 Å². The minimum absolute atomic E-state index is 0.274. The van der Waals surface area contributed by atoms with Crippen LogP contribution in [-0.2, 0) is 22.6 Å². The van der Waals surface area contributed by atoms with Gasteiger partial charge in [-0.05, 0) is 39.3 Å². The molecule has 4 heteroatoms. The molecule has 2 heterocycles. The van der Waals surface area contributed by atoms with Crippen LogP contribution in [0.1, 0.15) is 44.9 Å². The minimum atomic E-state index is 0.274. The Morgan fingerprint density at radius 2 is 2.05 bits per heavy atom. The van der Waals surface area contributed by atoms with Crippen LogP contribution in [0.5, 0.6) is 0 Å². The highest BCUT2D eigenvalue weighted by Crippen LogP contribution is 2.23. The van der Waals surface area contributed by atoms with Crippen molar-refractivity contribution < 1.29 is 13.9 Å². The predicted octanol–water partition coefficient (Wildman–Crippen LogP) is 2.86. The highest BCUT2D eigenvalue weighted by atomic mass is 16.5. The smallest absolute Gasteiger partial charge is 0.133 e. The van der Waals surface area contributed by atoms with E-state index < -0.39 is 0 Å². The number of hydrogen-bond acceptors (Lipinski definition) is 4. The summed E-state index contributed by atoms with van der Waals surface area (Å²) in [7, 11) is 0. The molecule has 1 aliphatic heterocycles. The molecule has 1 aromatic heterocycles. The molecular formula is C15H25NO3. The van der Waals surface area contributed by atoms with Crippen molar-refractivity contribution in [2.45, 2.75) is 65.1 Å². The quantitative estimate of drug-likeness (QED) is 0.860. The van der Waals surface area contributed by atoms with Crippen LogP contribution in [0.25, 0.3) is 0 Å². The molecule has 0 spiro atoms. The third kappa shape index (κ3) is 4.34. The van der Waals surface area contributed by atoms with Gasteiger partial charge in [0, 0.05) is 12.1 Å². The lowest BCUT2D eigenvalue weighted by atomic mass is 10.0. The second-order valence-corrected chi connectivity index (χ2v) is 5.31. The van der Waals surface area contributed by atoms with Crippen molar-refractivity contribution in [2.75, 3.05) is 6.54 Å². The Kier molecular flexibility index (Phi) is 5.43. The van der Waals surface area contributed by atoms with Crippen molar-refractivity contribution >= 4 is 0 Å². The predicted molar refractivity (Wildman–Crippen MR) is 73.9 cm³/mol. The summed E-state index contributed by atoms with van der Waals surface area (Å²) in [5.74, 6) is 0.938. The maximum Gasteiger partial charge on any atom is 0.133 e. The molecule has 0 aromatic carbocycles. The lowest BCUT2D eigenvalue weighted by Gasteiger charge is -2.31. The molecular weight excluding hydrogens is 242 g/mol. The van der Waals surface area contributed by atoms with Gasteiger partial charge in [0.05, 0.1) is 24.6 Å². The van der Waals surface area contributed by atoms with E-state index in [0.29, 0.717) is 6.61 Å². The van der Waals surface area contributed by atoms with Gasteiger partial charge in [0.15, 0.2) is 0 Å². The molecule has 1 saturated heterocycles. The lowest BCUT2D eigenvalue weighted by molar-refractivity contribution is -0.108. The maximum atomic E-state index is 5.99. The van der Waals surface area contributed by atoms with Gasteiger partial charge in [-0.15, -0.1) is 0 Å². The van der Waals surface area contributed by atoms with Gasteiger partial charge >= 0.3 is 0 Å². The number of ether oxygens (including phenoxy) is 2. The van der Waals surface area contributed by atoms with Crippen molar-refractivity contribution in [2.24, 2.45) is 0 Å². The first-order valence-corrected chi connectivity index (χ1v) is 7.22. The Labute approximate surface area is 115 Å². The Balaban J connectivity index is 1.83. The summed E-state index contributed by atoms with van der Waals surface area (Å²) in [6.07, 6.45) is 4.51. The zero-order valence-corrected chi connectivity index (χ0v) is 12.1. The fraction of sp³-hybridized carbons (Fsp3) is 0.733. The summed E-state index contributed by atoms with van der Waals surface area (Å²) in [4.78, 5) is 0. The van der Waals surface area contributed by atoms with Crippen molar-refractivity contribution in [1.82, 2.24) is 5.32 Å².